The number of anilines is 1. The number of hydrogen-bond donors (Lipinski definition) is 0. The molecular formula is C20H19FN2O. The second-order valence-corrected chi connectivity index (χ2v) is 5.80. The Balaban J connectivity index is 1.95. The van der Waals surface area contributed by atoms with Crippen LogP contribution in [0.25, 0.3) is 11.6 Å². The summed E-state index contributed by atoms with van der Waals surface area (Å²) < 4.78 is 18.6. The SMILES string of the molecule is COc1cc(N2CCCC2)ccc1C=C(C#N)c1ccc(F)cc1. The van der Waals surface area contributed by atoms with Gasteiger partial charge in [-0.2, -0.15) is 5.26 Å². The van der Waals surface area contributed by atoms with Gasteiger partial charge in [0.1, 0.15) is 11.6 Å². The number of rotatable bonds is 4. The minimum Gasteiger partial charge on any atom is -0.496 e. The van der Waals surface area contributed by atoms with E-state index in [0.717, 1.165) is 30.1 Å². The van der Waals surface area contributed by atoms with E-state index in [-0.39, 0.29) is 5.82 Å². The Kier molecular flexibility index (Phi) is 4.81. The lowest BCUT2D eigenvalue weighted by Crippen LogP contribution is -2.17. The number of halogens is 1. The first-order valence-electron chi connectivity index (χ1n) is 8.02. The highest BCUT2D eigenvalue weighted by atomic mass is 19.1. The van der Waals surface area contributed by atoms with Gasteiger partial charge in [-0.3, -0.25) is 0 Å². The van der Waals surface area contributed by atoms with Crippen LogP contribution in [0.15, 0.2) is 42.5 Å². The monoisotopic (exact) mass is 322 g/mol. The molecule has 0 radical (unpaired) electrons. The molecule has 4 heteroatoms. The summed E-state index contributed by atoms with van der Waals surface area (Å²) in [5.74, 6) is 0.415. The molecule has 2 aromatic rings. The van der Waals surface area contributed by atoms with Gasteiger partial charge in [0.25, 0.3) is 0 Å². The molecule has 0 atom stereocenters. The molecule has 3 rings (SSSR count). The van der Waals surface area contributed by atoms with Crippen molar-refractivity contribution in [3.63, 3.8) is 0 Å². The number of benzene rings is 2. The summed E-state index contributed by atoms with van der Waals surface area (Å²) in [5, 5.41) is 9.44. The zero-order valence-corrected chi connectivity index (χ0v) is 13.6. The van der Waals surface area contributed by atoms with Crippen LogP contribution in [-0.4, -0.2) is 20.2 Å². The second-order valence-electron chi connectivity index (χ2n) is 5.80. The molecule has 1 heterocycles. The fourth-order valence-corrected chi connectivity index (χ4v) is 2.96. The Morgan fingerprint density at radius 2 is 1.88 bits per heavy atom. The molecule has 122 valence electrons. The van der Waals surface area contributed by atoms with Crippen LogP contribution in [0.4, 0.5) is 10.1 Å². The highest BCUT2D eigenvalue weighted by molar-refractivity contribution is 5.90. The van der Waals surface area contributed by atoms with Crippen LogP contribution in [0, 0.1) is 17.1 Å². The summed E-state index contributed by atoms with van der Waals surface area (Å²) in [6, 6.07) is 14.1. The number of nitriles is 1. The Bertz CT molecular complexity index is 784. The van der Waals surface area contributed by atoms with E-state index in [1.807, 2.05) is 12.1 Å². The summed E-state index contributed by atoms with van der Waals surface area (Å²) in [4.78, 5) is 2.33. The molecule has 0 saturated carbocycles. The van der Waals surface area contributed by atoms with Gasteiger partial charge < -0.3 is 9.64 Å². The molecule has 2 aromatic carbocycles. The van der Waals surface area contributed by atoms with Crippen molar-refractivity contribution in [3.8, 4) is 11.8 Å². The van der Waals surface area contributed by atoms with Crippen molar-refractivity contribution in [3.05, 3.63) is 59.4 Å². The summed E-state index contributed by atoms with van der Waals surface area (Å²) in [7, 11) is 1.63. The maximum Gasteiger partial charge on any atom is 0.128 e. The van der Waals surface area contributed by atoms with Gasteiger partial charge in [0.2, 0.25) is 0 Å². The normalized spacial score (nSPS) is 14.5. The summed E-state index contributed by atoms with van der Waals surface area (Å²) >= 11 is 0. The Hall–Kier alpha value is -2.80. The van der Waals surface area contributed by atoms with Crippen molar-refractivity contribution >= 4 is 17.3 Å². The minimum atomic E-state index is -0.316. The van der Waals surface area contributed by atoms with Crippen molar-refractivity contribution < 1.29 is 9.13 Å². The predicted molar refractivity (Wildman–Crippen MR) is 94.3 cm³/mol. The lowest BCUT2D eigenvalue weighted by atomic mass is 10.0. The molecule has 0 amide bonds. The molecule has 1 aliphatic rings. The third kappa shape index (κ3) is 3.41. The number of hydrogen-bond acceptors (Lipinski definition) is 3. The van der Waals surface area contributed by atoms with E-state index in [9.17, 15) is 9.65 Å². The fourth-order valence-electron chi connectivity index (χ4n) is 2.96. The van der Waals surface area contributed by atoms with Crippen LogP contribution < -0.4 is 9.64 Å². The molecule has 0 bridgehead atoms. The first-order valence-corrected chi connectivity index (χ1v) is 8.02. The first kappa shape index (κ1) is 16.1. The Morgan fingerprint density at radius 1 is 1.17 bits per heavy atom. The lowest BCUT2D eigenvalue weighted by Gasteiger charge is -2.19. The number of methoxy groups -OCH3 is 1. The van der Waals surface area contributed by atoms with Crippen LogP contribution in [0.3, 0.4) is 0 Å². The van der Waals surface area contributed by atoms with E-state index in [2.05, 4.69) is 17.0 Å². The molecule has 24 heavy (non-hydrogen) atoms. The fraction of sp³-hybridized carbons (Fsp3) is 0.250. The largest absolute Gasteiger partial charge is 0.496 e. The topological polar surface area (TPSA) is 36.3 Å². The maximum atomic E-state index is 13.1. The van der Waals surface area contributed by atoms with Gasteiger partial charge in [-0.1, -0.05) is 12.1 Å². The van der Waals surface area contributed by atoms with Crippen LogP contribution in [0.5, 0.6) is 5.75 Å². The number of ether oxygens (including phenoxy) is 1. The average Bonchev–Trinajstić information content (AvgIpc) is 3.15. The Morgan fingerprint density at radius 3 is 2.50 bits per heavy atom. The van der Waals surface area contributed by atoms with Crippen molar-refractivity contribution in [2.24, 2.45) is 0 Å². The van der Waals surface area contributed by atoms with Crippen LogP contribution in [0.2, 0.25) is 0 Å². The van der Waals surface area contributed by atoms with Crippen LogP contribution >= 0.6 is 0 Å². The third-order valence-electron chi connectivity index (χ3n) is 4.26. The number of allylic oxidation sites excluding steroid dienone is 1. The van der Waals surface area contributed by atoms with Gasteiger partial charge in [-0.05, 0) is 48.7 Å². The molecule has 0 unspecified atom stereocenters. The predicted octanol–water partition coefficient (Wildman–Crippen LogP) is 4.50. The van der Waals surface area contributed by atoms with E-state index in [1.54, 1.807) is 25.3 Å². The highest BCUT2D eigenvalue weighted by Gasteiger charge is 2.14. The van der Waals surface area contributed by atoms with E-state index in [0.29, 0.717) is 11.1 Å². The van der Waals surface area contributed by atoms with Crippen molar-refractivity contribution in [1.82, 2.24) is 0 Å². The lowest BCUT2D eigenvalue weighted by molar-refractivity contribution is 0.414. The molecule has 1 fully saturated rings. The highest BCUT2D eigenvalue weighted by Crippen LogP contribution is 2.30. The second kappa shape index (κ2) is 7.18. The maximum absolute atomic E-state index is 13.1. The summed E-state index contributed by atoms with van der Waals surface area (Å²) in [5.41, 5.74) is 3.13. The molecule has 1 aliphatic heterocycles. The minimum absolute atomic E-state index is 0.316. The van der Waals surface area contributed by atoms with Gasteiger partial charge >= 0.3 is 0 Å². The zero-order valence-electron chi connectivity index (χ0n) is 13.6. The third-order valence-corrected chi connectivity index (χ3v) is 4.26. The Labute approximate surface area is 141 Å². The van der Waals surface area contributed by atoms with Crippen LogP contribution in [-0.2, 0) is 0 Å². The van der Waals surface area contributed by atoms with Gasteiger partial charge in [-0.15, -0.1) is 0 Å². The quantitative estimate of drug-likeness (QED) is 0.614. The molecule has 0 aliphatic carbocycles. The summed E-state index contributed by atoms with van der Waals surface area (Å²) in [6.07, 6.45) is 4.21. The van der Waals surface area contributed by atoms with Crippen molar-refractivity contribution in [2.45, 2.75) is 12.8 Å². The van der Waals surface area contributed by atoms with Crippen molar-refractivity contribution in [2.75, 3.05) is 25.1 Å². The molecule has 1 saturated heterocycles. The zero-order chi connectivity index (χ0) is 16.9. The van der Waals surface area contributed by atoms with E-state index in [1.165, 1.54) is 25.0 Å². The first-order chi connectivity index (χ1) is 11.7. The standard InChI is InChI=1S/C20H19FN2O/c1-24-20-13-19(23-10-2-3-11-23)9-6-16(20)12-17(14-22)15-4-7-18(21)8-5-15/h4-9,12-13H,2-3,10-11H2,1H3. The van der Waals surface area contributed by atoms with Gasteiger partial charge in [-0.25, -0.2) is 4.39 Å². The van der Waals surface area contributed by atoms with E-state index >= 15 is 0 Å². The molecule has 3 nitrogen and oxygen atoms in total. The van der Waals surface area contributed by atoms with Crippen molar-refractivity contribution in [1.29, 1.82) is 5.26 Å². The van der Waals surface area contributed by atoms with E-state index < -0.39 is 0 Å². The van der Waals surface area contributed by atoms with Gasteiger partial charge in [0, 0.05) is 30.4 Å². The molecular weight excluding hydrogens is 303 g/mol. The average molecular weight is 322 g/mol. The van der Waals surface area contributed by atoms with E-state index in [4.69, 9.17) is 4.74 Å². The smallest absolute Gasteiger partial charge is 0.128 e. The van der Waals surface area contributed by atoms with Gasteiger partial charge in [0.05, 0.1) is 18.8 Å². The van der Waals surface area contributed by atoms with Crippen LogP contribution in [0.1, 0.15) is 24.0 Å². The van der Waals surface area contributed by atoms with Gasteiger partial charge in [0.15, 0.2) is 0 Å². The number of nitrogens with zero attached hydrogens (tertiary/aromatic N) is 2. The molecule has 0 spiro atoms. The molecule has 0 aromatic heterocycles. The molecule has 0 N–H and O–H groups in total. The summed E-state index contributed by atoms with van der Waals surface area (Å²) in [6.45, 7) is 2.13.